The van der Waals surface area contributed by atoms with E-state index in [0.29, 0.717) is 12.6 Å². The molecule has 0 bridgehead atoms. The maximum absolute atomic E-state index is 9.05. The molecule has 1 aliphatic rings. The molecule has 0 amide bonds. The first-order valence-corrected chi connectivity index (χ1v) is 7.31. The first-order chi connectivity index (χ1) is 9.86. The zero-order valence-electron chi connectivity index (χ0n) is 11.6. The van der Waals surface area contributed by atoms with E-state index in [1.807, 2.05) is 12.3 Å². The fourth-order valence-corrected chi connectivity index (χ4v) is 3.13. The average molecular weight is 265 g/mol. The number of nitrogens with zero attached hydrogens (tertiary/aromatic N) is 3. The fraction of sp³-hybridized carbons (Fsp3) is 0.412. The number of nitriles is 1. The molecule has 0 saturated heterocycles. The number of rotatable bonds is 4. The molecule has 3 nitrogen and oxygen atoms in total. The lowest BCUT2D eigenvalue weighted by molar-refractivity contribution is 0.214. The van der Waals surface area contributed by atoms with Crippen LogP contribution in [0.3, 0.4) is 0 Å². The van der Waals surface area contributed by atoms with E-state index in [9.17, 15) is 0 Å². The predicted molar refractivity (Wildman–Crippen MR) is 80.0 cm³/mol. The van der Waals surface area contributed by atoms with Gasteiger partial charge in [0.1, 0.15) is 0 Å². The molecule has 0 atom stereocenters. The zero-order chi connectivity index (χ0) is 13.8. The Balaban J connectivity index is 1.80. The highest BCUT2D eigenvalue weighted by Gasteiger charge is 2.22. The molecule has 102 valence electrons. The smallest absolute Gasteiger partial charge is 0.0871 e. The Labute approximate surface area is 119 Å². The van der Waals surface area contributed by atoms with Gasteiger partial charge in [0.2, 0.25) is 0 Å². The minimum atomic E-state index is 0.524. The van der Waals surface area contributed by atoms with E-state index in [1.54, 1.807) is 0 Å². The number of aromatic nitrogens is 1. The van der Waals surface area contributed by atoms with Gasteiger partial charge in [0.25, 0.3) is 0 Å². The standard InChI is InChI=1S/C17H19N3/c18-9-11-20(16-5-1-2-6-16)13-14-7-8-17-15(12-14)4-3-10-19-17/h3-4,7-8,10,12,16H,1-2,5-6,11,13H2. The number of hydrogen-bond donors (Lipinski definition) is 0. The summed E-state index contributed by atoms with van der Waals surface area (Å²) >= 11 is 0. The molecule has 3 heteroatoms. The van der Waals surface area contributed by atoms with Crippen LogP contribution in [0.2, 0.25) is 0 Å². The lowest BCUT2D eigenvalue weighted by Gasteiger charge is -2.26. The second kappa shape index (κ2) is 6.02. The van der Waals surface area contributed by atoms with E-state index in [0.717, 1.165) is 12.1 Å². The summed E-state index contributed by atoms with van der Waals surface area (Å²) in [6.07, 6.45) is 6.89. The first kappa shape index (κ1) is 13.1. The van der Waals surface area contributed by atoms with E-state index in [1.165, 1.54) is 36.6 Å². The maximum Gasteiger partial charge on any atom is 0.0871 e. The molecule has 0 aliphatic heterocycles. The van der Waals surface area contributed by atoms with E-state index >= 15 is 0 Å². The van der Waals surface area contributed by atoms with Crippen LogP contribution in [0.5, 0.6) is 0 Å². The normalized spacial score (nSPS) is 15.8. The topological polar surface area (TPSA) is 39.9 Å². The number of fused-ring (bicyclic) bond motifs is 1. The molecule has 0 unspecified atom stereocenters. The van der Waals surface area contributed by atoms with Crippen molar-refractivity contribution in [2.75, 3.05) is 6.54 Å². The van der Waals surface area contributed by atoms with Crippen molar-refractivity contribution in [1.29, 1.82) is 5.26 Å². The molecule has 1 saturated carbocycles. The van der Waals surface area contributed by atoms with Gasteiger partial charge in [0.05, 0.1) is 18.1 Å². The van der Waals surface area contributed by atoms with E-state index in [2.05, 4.69) is 40.2 Å². The van der Waals surface area contributed by atoms with Crippen LogP contribution in [-0.4, -0.2) is 22.5 Å². The Morgan fingerprint density at radius 2 is 2.10 bits per heavy atom. The highest BCUT2D eigenvalue weighted by molar-refractivity contribution is 5.78. The van der Waals surface area contributed by atoms with Gasteiger partial charge in [-0.2, -0.15) is 5.26 Å². The monoisotopic (exact) mass is 265 g/mol. The molecule has 20 heavy (non-hydrogen) atoms. The summed E-state index contributed by atoms with van der Waals surface area (Å²) in [5.41, 5.74) is 2.30. The van der Waals surface area contributed by atoms with Crippen LogP contribution < -0.4 is 0 Å². The number of pyridine rings is 1. The summed E-state index contributed by atoms with van der Waals surface area (Å²) in [6, 6.07) is 13.4. The van der Waals surface area contributed by atoms with Crippen molar-refractivity contribution in [3.63, 3.8) is 0 Å². The SMILES string of the molecule is N#CCN(Cc1ccc2ncccc2c1)C1CCCC1. The van der Waals surface area contributed by atoms with E-state index in [4.69, 9.17) is 5.26 Å². The minimum Gasteiger partial charge on any atom is -0.283 e. The van der Waals surface area contributed by atoms with Gasteiger partial charge < -0.3 is 0 Å². The summed E-state index contributed by atoms with van der Waals surface area (Å²) in [5, 5.41) is 10.2. The Morgan fingerprint density at radius 1 is 1.25 bits per heavy atom. The molecule has 1 aliphatic carbocycles. The van der Waals surface area contributed by atoms with Crippen molar-refractivity contribution >= 4 is 10.9 Å². The van der Waals surface area contributed by atoms with Crippen LogP contribution in [0.1, 0.15) is 31.2 Å². The predicted octanol–water partition coefficient (Wildman–Crippen LogP) is 3.50. The largest absolute Gasteiger partial charge is 0.283 e. The molecule has 3 rings (SSSR count). The van der Waals surface area contributed by atoms with Gasteiger partial charge in [-0.05, 0) is 36.6 Å². The molecular weight excluding hydrogens is 246 g/mol. The van der Waals surface area contributed by atoms with Crippen molar-refractivity contribution in [3.05, 3.63) is 42.1 Å². The van der Waals surface area contributed by atoms with Gasteiger partial charge in [-0.1, -0.05) is 25.0 Å². The average Bonchev–Trinajstić information content (AvgIpc) is 3.01. The zero-order valence-corrected chi connectivity index (χ0v) is 11.6. The van der Waals surface area contributed by atoms with E-state index in [-0.39, 0.29) is 0 Å². The number of benzene rings is 1. The molecule has 0 radical (unpaired) electrons. The molecule has 1 aromatic heterocycles. The van der Waals surface area contributed by atoms with Gasteiger partial charge in [-0.3, -0.25) is 9.88 Å². The van der Waals surface area contributed by atoms with Crippen LogP contribution in [0.15, 0.2) is 36.5 Å². The van der Waals surface area contributed by atoms with Crippen molar-refractivity contribution in [1.82, 2.24) is 9.88 Å². The maximum atomic E-state index is 9.05. The van der Waals surface area contributed by atoms with Gasteiger partial charge >= 0.3 is 0 Å². The lowest BCUT2D eigenvalue weighted by atomic mass is 10.1. The molecule has 2 aromatic rings. The highest BCUT2D eigenvalue weighted by atomic mass is 15.2. The van der Waals surface area contributed by atoms with Gasteiger partial charge in [0.15, 0.2) is 0 Å². The Kier molecular flexibility index (Phi) is 3.94. The summed E-state index contributed by atoms with van der Waals surface area (Å²) in [6.45, 7) is 1.39. The third-order valence-electron chi connectivity index (χ3n) is 4.17. The minimum absolute atomic E-state index is 0.524. The molecule has 1 aromatic carbocycles. The second-order valence-corrected chi connectivity index (χ2v) is 5.53. The summed E-state index contributed by atoms with van der Waals surface area (Å²) in [5.74, 6) is 0. The van der Waals surface area contributed by atoms with Crippen molar-refractivity contribution in [2.45, 2.75) is 38.3 Å². The van der Waals surface area contributed by atoms with Crippen LogP contribution in [0, 0.1) is 11.3 Å². The molecule has 0 N–H and O–H groups in total. The third kappa shape index (κ3) is 2.81. The summed E-state index contributed by atoms with van der Waals surface area (Å²) in [7, 11) is 0. The van der Waals surface area contributed by atoms with Gasteiger partial charge in [-0.25, -0.2) is 0 Å². The number of hydrogen-bond acceptors (Lipinski definition) is 3. The van der Waals surface area contributed by atoms with Crippen molar-refractivity contribution in [3.8, 4) is 6.07 Å². The lowest BCUT2D eigenvalue weighted by Crippen LogP contribution is -2.33. The second-order valence-electron chi connectivity index (χ2n) is 5.53. The quantitative estimate of drug-likeness (QED) is 0.794. The van der Waals surface area contributed by atoms with Crippen molar-refractivity contribution in [2.24, 2.45) is 0 Å². The summed E-state index contributed by atoms with van der Waals surface area (Å²) < 4.78 is 0. The Morgan fingerprint density at radius 3 is 2.90 bits per heavy atom. The summed E-state index contributed by atoms with van der Waals surface area (Å²) in [4.78, 5) is 6.67. The molecular formula is C17H19N3. The van der Waals surface area contributed by atoms with Gasteiger partial charge in [-0.15, -0.1) is 0 Å². The Hall–Kier alpha value is -1.92. The fourth-order valence-electron chi connectivity index (χ4n) is 3.13. The van der Waals surface area contributed by atoms with E-state index < -0.39 is 0 Å². The highest BCUT2D eigenvalue weighted by Crippen LogP contribution is 2.25. The van der Waals surface area contributed by atoms with Crippen LogP contribution in [-0.2, 0) is 6.54 Å². The Bertz CT molecular complexity index is 623. The molecule has 1 heterocycles. The molecule has 1 fully saturated rings. The van der Waals surface area contributed by atoms with Gasteiger partial charge in [0, 0.05) is 24.2 Å². The van der Waals surface area contributed by atoms with Crippen molar-refractivity contribution < 1.29 is 0 Å². The third-order valence-corrected chi connectivity index (χ3v) is 4.17. The molecule has 0 spiro atoms. The first-order valence-electron chi connectivity index (χ1n) is 7.31. The van der Waals surface area contributed by atoms with Crippen LogP contribution >= 0.6 is 0 Å². The van der Waals surface area contributed by atoms with Crippen LogP contribution in [0.4, 0.5) is 0 Å². The van der Waals surface area contributed by atoms with Crippen LogP contribution in [0.25, 0.3) is 10.9 Å².